The molecular formula is C16H24NO. The van der Waals surface area contributed by atoms with Crippen LogP contribution < -0.4 is 5.32 Å². The molecule has 0 heterocycles. The van der Waals surface area contributed by atoms with Gasteiger partial charge in [0.1, 0.15) is 0 Å². The minimum absolute atomic E-state index is 0.120. The van der Waals surface area contributed by atoms with E-state index in [1.165, 1.54) is 38.5 Å². The lowest BCUT2D eigenvalue weighted by molar-refractivity contribution is -0.116. The molecule has 0 bridgehead atoms. The van der Waals surface area contributed by atoms with Crippen molar-refractivity contribution in [3.05, 3.63) is 30.3 Å². The van der Waals surface area contributed by atoms with Crippen LogP contribution in [-0.2, 0) is 4.79 Å². The van der Waals surface area contributed by atoms with Gasteiger partial charge in [-0.1, -0.05) is 57.6 Å². The third-order valence-corrected chi connectivity index (χ3v) is 3.01. The predicted octanol–water partition coefficient (Wildman–Crippen LogP) is 4.57. The van der Waals surface area contributed by atoms with Crippen LogP contribution in [0.3, 0.4) is 0 Å². The molecule has 1 rings (SSSR count). The second-order valence-electron chi connectivity index (χ2n) is 4.71. The smallest absolute Gasteiger partial charge is 0.224 e. The van der Waals surface area contributed by atoms with Crippen molar-refractivity contribution in [3.8, 4) is 0 Å². The molecule has 99 valence electrons. The molecule has 0 atom stereocenters. The predicted molar refractivity (Wildman–Crippen MR) is 76.5 cm³/mol. The number of rotatable bonds is 9. The summed E-state index contributed by atoms with van der Waals surface area (Å²) in [6.07, 6.45) is 9.33. The lowest BCUT2D eigenvalue weighted by Gasteiger charge is -2.04. The highest BCUT2D eigenvalue weighted by molar-refractivity contribution is 5.90. The van der Waals surface area contributed by atoms with Gasteiger partial charge in [0.2, 0.25) is 5.91 Å². The second kappa shape index (κ2) is 9.69. The highest BCUT2D eigenvalue weighted by atomic mass is 16.1. The van der Waals surface area contributed by atoms with Gasteiger partial charge in [0.25, 0.3) is 0 Å². The van der Waals surface area contributed by atoms with Crippen molar-refractivity contribution in [1.29, 1.82) is 0 Å². The van der Waals surface area contributed by atoms with E-state index in [1.54, 1.807) is 0 Å². The molecule has 0 unspecified atom stereocenters. The van der Waals surface area contributed by atoms with Crippen LogP contribution in [0.25, 0.3) is 0 Å². The fraction of sp³-hybridized carbons (Fsp3) is 0.562. The van der Waals surface area contributed by atoms with Gasteiger partial charge in [-0.15, -0.1) is 0 Å². The quantitative estimate of drug-likeness (QED) is 0.635. The van der Waals surface area contributed by atoms with Crippen molar-refractivity contribution in [3.63, 3.8) is 0 Å². The molecule has 0 aromatic heterocycles. The largest absolute Gasteiger partial charge is 0.326 e. The van der Waals surface area contributed by atoms with E-state index in [0.717, 1.165) is 12.1 Å². The fourth-order valence-corrected chi connectivity index (χ4v) is 1.94. The lowest BCUT2D eigenvalue weighted by atomic mass is 10.1. The van der Waals surface area contributed by atoms with Crippen LogP contribution >= 0.6 is 0 Å². The summed E-state index contributed by atoms with van der Waals surface area (Å²) in [4.78, 5) is 11.6. The van der Waals surface area contributed by atoms with E-state index in [2.05, 4.69) is 18.3 Å². The Kier molecular flexibility index (Phi) is 7.94. The first kappa shape index (κ1) is 14.7. The maximum atomic E-state index is 11.6. The molecule has 0 saturated heterocycles. The average Bonchev–Trinajstić information content (AvgIpc) is 2.39. The molecule has 1 N–H and O–H groups in total. The maximum absolute atomic E-state index is 11.6. The normalized spacial score (nSPS) is 10.3. The standard InChI is InChI=1S/C16H24NO/c1-2-3-4-5-6-7-11-14-16(18)17-15-12-9-8-10-13-15/h9-10,12-13H,2-7,11,14H2,1H3,(H,17,18). The van der Waals surface area contributed by atoms with E-state index in [-0.39, 0.29) is 5.91 Å². The fourth-order valence-electron chi connectivity index (χ4n) is 1.94. The van der Waals surface area contributed by atoms with E-state index < -0.39 is 0 Å². The van der Waals surface area contributed by atoms with Gasteiger partial charge in [0, 0.05) is 12.1 Å². The summed E-state index contributed by atoms with van der Waals surface area (Å²) in [5.74, 6) is 0.120. The third kappa shape index (κ3) is 7.10. The number of carbonyl (C=O) groups is 1. The Hall–Kier alpha value is -1.31. The highest BCUT2D eigenvalue weighted by Crippen LogP contribution is 2.10. The van der Waals surface area contributed by atoms with Crippen molar-refractivity contribution in [2.45, 2.75) is 58.3 Å². The Balaban J connectivity index is 2.00. The van der Waals surface area contributed by atoms with E-state index in [1.807, 2.05) is 24.3 Å². The first-order chi connectivity index (χ1) is 8.83. The monoisotopic (exact) mass is 246 g/mol. The zero-order chi connectivity index (χ0) is 13.1. The SMILES string of the molecule is CCCCCCCCCC(=O)Nc1cc[c]cc1. The van der Waals surface area contributed by atoms with Crippen LogP contribution in [0.15, 0.2) is 24.3 Å². The molecule has 0 aliphatic carbocycles. The van der Waals surface area contributed by atoms with Gasteiger partial charge in [-0.2, -0.15) is 0 Å². The third-order valence-electron chi connectivity index (χ3n) is 3.01. The first-order valence-electron chi connectivity index (χ1n) is 7.09. The molecule has 2 nitrogen and oxygen atoms in total. The summed E-state index contributed by atoms with van der Waals surface area (Å²) in [5, 5.41) is 2.89. The van der Waals surface area contributed by atoms with Crippen LogP contribution in [0.1, 0.15) is 58.3 Å². The molecular weight excluding hydrogens is 222 g/mol. The average molecular weight is 246 g/mol. The minimum Gasteiger partial charge on any atom is -0.326 e. The van der Waals surface area contributed by atoms with Crippen molar-refractivity contribution < 1.29 is 4.79 Å². The molecule has 0 aliphatic heterocycles. The van der Waals surface area contributed by atoms with Gasteiger partial charge in [-0.05, 0) is 24.6 Å². The van der Waals surface area contributed by atoms with Gasteiger partial charge in [-0.3, -0.25) is 4.79 Å². The minimum atomic E-state index is 0.120. The van der Waals surface area contributed by atoms with E-state index >= 15 is 0 Å². The molecule has 2 heteroatoms. The summed E-state index contributed by atoms with van der Waals surface area (Å²) in [7, 11) is 0. The maximum Gasteiger partial charge on any atom is 0.224 e. The summed E-state index contributed by atoms with van der Waals surface area (Å²) in [6, 6.07) is 10.3. The Labute approximate surface area is 111 Å². The second-order valence-corrected chi connectivity index (χ2v) is 4.71. The van der Waals surface area contributed by atoms with Crippen molar-refractivity contribution in [2.24, 2.45) is 0 Å². The van der Waals surface area contributed by atoms with Crippen LogP contribution in [0, 0.1) is 6.07 Å². The van der Waals surface area contributed by atoms with Crippen LogP contribution in [0.4, 0.5) is 5.69 Å². The zero-order valence-corrected chi connectivity index (χ0v) is 11.4. The summed E-state index contributed by atoms with van der Waals surface area (Å²) in [6.45, 7) is 2.23. The van der Waals surface area contributed by atoms with Crippen LogP contribution in [0.2, 0.25) is 0 Å². The van der Waals surface area contributed by atoms with E-state index in [4.69, 9.17) is 0 Å². The van der Waals surface area contributed by atoms with Crippen LogP contribution in [0.5, 0.6) is 0 Å². The molecule has 1 aromatic rings. The van der Waals surface area contributed by atoms with Crippen molar-refractivity contribution >= 4 is 11.6 Å². The molecule has 1 aromatic carbocycles. The number of unbranched alkanes of at least 4 members (excludes halogenated alkanes) is 6. The molecule has 18 heavy (non-hydrogen) atoms. The van der Waals surface area contributed by atoms with Gasteiger partial charge < -0.3 is 5.32 Å². The Morgan fingerprint density at radius 1 is 1.06 bits per heavy atom. The number of hydrogen-bond acceptors (Lipinski definition) is 1. The van der Waals surface area contributed by atoms with Gasteiger partial charge in [0.05, 0.1) is 0 Å². The Morgan fingerprint density at radius 2 is 1.67 bits per heavy atom. The Morgan fingerprint density at radius 3 is 2.33 bits per heavy atom. The topological polar surface area (TPSA) is 29.1 Å². The number of carbonyl (C=O) groups excluding carboxylic acids is 1. The lowest BCUT2D eigenvalue weighted by Crippen LogP contribution is -2.10. The molecule has 0 fully saturated rings. The summed E-state index contributed by atoms with van der Waals surface area (Å²) < 4.78 is 0. The van der Waals surface area contributed by atoms with E-state index in [0.29, 0.717) is 6.42 Å². The summed E-state index contributed by atoms with van der Waals surface area (Å²) in [5.41, 5.74) is 0.863. The molecule has 0 spiro atoms. The number of anilines is 1. The molecule has 1 radical (unpaired) electrons. The number of hydrogen-bond donors (Lipinski definition) is 1. The van der Waals surface area contributed by atoms with E-state index in [9.17, 15) is 4.79 Å². The first-order valence-corrected chi connectivity index (χ1v) is 7.09. The van der Waals surface area contributed by atoms with Gasteiger partial charge in [0.15, 0.2) is 0 Å². The number of nitrogens with one attached hydrogen (secondary N) is 1. The highest BCUT2D eigenvalue weighted by Gasteiger charge is 2.01. The van der Waals surface area contributed by atoms with Crippen molar-refractivity contribution in [1.82, 2.24) is 0 Å². The van der Waals surface area contributed by atoms with Gasteiger partial charge in [-0.25, -0.2) is 0 Å². The molecule has 0 aliphatic rings. The Bertz CT molecular complexity index is 321. The van der Waals surface area contributed by atoms with Crippen molar-refractivity contribution in [2.75, 3.05) is 5.32 Å². The number of amides is 1. The van der Waals surface area contributed by atoms with Crippen LogP contribution in [-0.4, -0.2) is 5.91 Å². The number of benzene rings is 1. The summed E-state index contributed by atoms with van der Waals surface area (Å²) >= 11 is 0. The van der Waals surface area contributed by atoms with Gasteiger partial charge >= 0.3 is 0 Å². The zero-order valence-electron chi connectivity index (χ0n) is 11.4. The molecule has 0 saturated carbocycles. The molecule has 1 amide bonds.